The predicted octanol–water partition coefficient (Wildman–Crippen LogP) is 3.21. The zero-order valence-electron chi connectivity index (χ0n) is 13.9. The first-order chi connectivity index (χ1) is 10.2. The van der Waals surface area contributed by atoms with Crippen LogP contribution >= 0.6 is 24.0 Å². The smallest absolute Gasteiger partial charge is 0.253 e. The van der Waals surface area contributed by atoms with Crippen LogP contribution in [-0.4, -0.2) is 47.1 Å². The largest absolute Gasteiger partial charge is 0.362 e. The van der Waals surface area contributed by atoms with Crippen molar-refractivity contribution in [1.82, 2.24) is 10.2 Å². The molecule has 122 valence electrons. The molecule has 1 amide bonds. The van der Waals surface area contributed by atoms with E-state index in [0.29, 0.717) is 10.7 Å². The number of anilines is 1. The van der Waals surface area contributed by atoms with E-state index in [4.69, 9.17) is 12.2 Å². The van der Waals surface area contributed by atoms with Crippen molar-refractivity contribution < 1.29 is 4.79 Å². The van der Waals surface area contributed by atoms with Crippen LogP contribution in [0.2, 0.25) is 0 Å². The third kappa shape index (κ3) is 7.13. The normalized spacial score (nSPS) is 11.0. The molecule has 0 saturated heterocycles. The van der Waals surface area contributed by atoms with Gasteiger partial charge >= 0.3 is 0 Å². The van der Waals surface area contributed by atoms with Crippen LogP contribution in [0.1, 0.15) is 31.1 Å². The van der Waals surface area contributed by atoms with Gasteiger partial charge in [-0.3, -0.25) is 4.79 Å². The fourth-order valence-electron chi connectivity index (χ4n) is 1.65. The first-order valence-corrected chi connectivity index (χ1v) is 8.59. The first kappa shape index (κ1) is 18.8. The number of carbonyl (C=O) groups excluding carboxylic acids is 1. The summed E-state index contributed by atoms with van der Waals surface area (Å²) in [5, 5.41) is 6.90. The minimum absolute atomic E-state index is 0.00791. The molecular formula is C16H25N3OS2. The van der Waals surface area contributed by atoms with E-state index >= 15 is 0 Å². The fourth-order valence-corrected chi connectivity index (χ4v) is 2.69. The number of rotatable bonds is 5. The van der Waals surface area contributed by atoms with Crippen molar-refractivity contribution >= 4 is 40.7 Å². The number of hydrogen-bond acceptors (Lipinski definition) is 3. The van der Waals surface area contributed by atoms with Gasteiger partial charge in [0.05, 0.1) is 0 Å². The fraction of sp³-hybridized carbons (Fsp3) is 0.500. The molecular weight excluding hydrogens is 314 g/mol. The number of carbonyl (C=O) groups is 1. The Hall–Kier alpha value is -1.27. The zero-order chi connectivity index (χ0) is 16.8. The van der Waals surface area contributed by atoms with Crippen molar-refractivity contribution in [2.75, 3.05) is 31.7 Å². The molecule has 0 aromatic heterocycles. The number of nitrogens with zero attached hydrogens (tertiary/aromatic N) is 1. The molecule has 4 nitrogen and oxygen atoms in total. The highest BCUT2D eigenvalue weighted by Gasteiger charge is 2.10. The molecule has 0 spiro atoms. The second kappa shape index (κ2) is 8.39. The van der Waals surface area contributed by atoms with Crippen LogP contribution in [0.5, 0.6) is 0 Å². The highest BCUT2D eigenvalue weighted by molar-refractivity contribution is 8.00. The maximum absolute atomic E-state index is 11.8. The highest BCUT2D eigenvalue weighted by atomic mass is 32.2. The molecule has 0 aliphatic carbocycles. The summed E-state index contributed by atoms with van der Waals surface area (Å²) in [5.74, 6) is 0.994. The van der Waals surface area contributed by atoms with Crippen LogP contribution in [0.4, 0.5) is 5.69 Å². The maximum Gasteiger partial charge on any atom is 0.253 e. The van der Waals surface area contributed by atoms with Crippen molar-refractivity contribution in [3.05, 3.63) is 29.8 Å². The molecule has 1 rings (SSSR count). The molecule has 6 heteroatoms. The molecule has 22 heavy (non-hydrogen) atoms. The lowest BCUT2D eigenvalue weighted by molar-refractivity contribution is 0.0827. The summed E-state index contributed by atoms with van der Waals surface area (Å²) in [4.78, 5) is 13.4. The van der Waals surface area contributed by atoms with E-state index < -0.39 is 0 Å². The third-order valence-corrected chi connectivity index (χ3v) is 4.24. The Bertz CT molecular complexity index is 507. The van der Waals surface area contributed by atoms with Gasteiger partial charge in [0.2, 0.25) is 0 Å². The Labute approximate surface area is 143 Å². The van der Waals surface area contributed by atoms with E-state index in [2.05, 4.69) is 31.4 Å². The van der Waals surface area contributed by atoms with Crippen LogP contribution in [-0.2, 0) is 0 Å². The lowest BCUT2D eigenvalue weighted by Gasteiger charge is -2.18. The molecule has 1 aromatic carbocycles. The SMILES string of the molecule is CN(C)C(=O)c1ccc(NC(=S)NCCSC(C)(C)C)cc1. The monoisotopic (exact) mass is 339 g/mol. The van der Waals surface area contributed by atoms with Gasteiger partial charge in [0.1, 0.15) is 0 Å². The lowest BCUT2D eigenvalue weighted by atomic mass is 10.2. The quantitative estimate of drug-likeness (QED) is 0.637. The summed E-state index contributed by atoms with van der Waals surface area (Å²) < 4.78 is 0.269. The van der Waals surface area contributed by atoms with Gasteiger partial charge in [0.15, 0.2) is 5.11 Å². The number of hydrogen-bond donors (Lipinski definition) is 2. The minimum atomic E-state index is -0.00791. The average molecular weight is 340 g/mol. The van der Waals surface area contributed by atoms with E-state index in [9.17, 15) is 4.79 Å². The van der Waals surface area contributed by atoms with Gasteiger partial charge in [0.25, 0.3) is 5.91 Å². The number of benzene rings is 1. The second-order valence-corrected chi connectivity index (χ2v) is 8.45. The summed E-state index contributed by atoms with van der Waals surface area (Å²) in [6, 6.07) is 7.30. The molecule has 2 N–H and O–H groups in total. The second-order valence-electron chi connectivity index (χ2n) is 6.12. The standard InChI is InChI=1S/C16H25N3OS2/c1-16(2,3)22-11-10-17-15(21)18-13-8-6-12(7-9-13)14(20)19(4)5/h6-9H,10-11H2,1-5H3,(H2,17,18,21). The van der Waals surface area contributed by atoms with Crippen molar-refractivity contribution in [2.45, 2.75) is 25.5 Å². The number of amides is 1. The Morgan fingerprint density at radius 2 is 1.82 bits per heavy atom. The van der Waals surface area contributed by atoms with Crippen LogP contribution in [0.15, 0.2) is 24.3 Å². The van der Waals surface area contributed by atoms with Crippen molar-refractivity contribution in [1.29, 1.82) is 0 Å². The molecule has 0 fully saturated rings. The van der Waals surface area contributed by atoms with Gasteiger partial charge in [0, 0.05) is 42.4 Å². The van der Waals surface area contributed by atoms with E-state index in [1.54, 1.807) is 31.1 Å². The Kier molecular flexibility index (Phi) is 7.16. The van der Waals surface area contributed by atoms with Gasteiger partial charge < -0.3 is 15.5 Å². The molecule has 1 aromatic rings. The molecule has 0 radical (unpaired) electrons. The number of thiocarbonyl (C=S) groups is 1. The van der Waals surface area contributed by atoms with Crippen molar-refractivity contribution in [3.63, 3.8) is 0 Å². The summed E-state index contributed by atoms with van der Waals surface area (Å²) >= 11 is 7.16. The van der Waals surface area contributed by atoms with E-state index in [0.717, 1.165) is 18.0 Å². The molecule has 0 unspecified atom stereocenters. The molecule has 0 atom stereocenters. The van der Waals surface area contributed by atoms with Crippen molar-refractivity contribution in [3.8, 4) is 0 Å². The van der Waals surface area contributed by atoms with Crippen molar-refractivity contribution in [2.24, 2.45) is 0 Å². The topological polar surface area (TPSA) is 44.4 Å². The van der Waals surface area contributed by atoms with Crippen LogP contribution < -0.4 is 10.6 Å². The van der Waals surface area contributed by atoms with Gasteiger partial charge in [-0.25, -0.2) is 0 Å². The number of nitrogens with one attached hydrogen (secondary N) is 2. The summed E-state index contributed by atoms with van der Waals surface area (Å²) in [7, 11) is 3.48. The first-order valence-electron chi connectivity index (χ1n) is 7.19. The van der Waals surface area contributed by atoms with E-state index in [1.807, 2.05) is 23.9 Å². The van der Waals surface area contributed by atoms with E-state index in [1.165, 1.54) is 0 Å². The third-order valence-electron chi connectivity index (χ3n) is 2.72. The zero-order valence-corrected chi connectivity index (χ0v) is 15.5. The average Bonchev–Trinajstić information content (AvgIpc) is 2.42. The predicted molar refractivity (Wildman–Crippen MR) is 101 cm³/mol. The van der Waals surface area contributed by atoms with Crippen LogP contribution in [0.25, 0.3) is 0 Å². The molecule has 0 saturated carbocycles. The summed E-state index contributed by atoms with van der Waals surface area (Å²) in [6.45, 7) is 7.42. The number of thioether (sulfide) groups is 1. The van der Waals surface area contributed by atoms with Crippen LogP contribution in [0.3, 0.4) is 0 Å². The van der Waals surface area contributed by atoms with Gasteiger partial charge in [-0.15, -0.1) is 0 Å². The van der Waals surface area contributed by atoms with Gasteiger partial charge in [-0.1, -0.05) is 20.8 Å². The van der Waals surface area contributed by atoms with E-state index in [-0.39, 0.29) is 10.7 Å². The minimum Gasteiger partial charge on any atom is -0.362 e. The Balaban J connectivity index is 2.40. The maximum atomic E-state index is 11.8. The Morgan fingerprint density at radius 3 is 2.32 bits per heavy atom. The molecule has 0 aliphatic heterocycles. The molecule has 0 heterocycles. The highest BCUT2D eigenvalue weighted by Crippen LogP contribution is 2.22. The molecule has 0 aliphatic rings. The summed E-state index contributed by atoms with van der Waals surface area (Å²) in [5.41, 5.74) is 1.53. The lowest BCUT2D eigenvalue weighted by Crippen LogP contribution is -2.31. The van der Waals surface area contributed by atoms with Gasteiger partial charge in [-0.05, 0) is 36.5 Å². The van der Waals surface area contributed by atoms with Gasteiger partial charge in [-0.2, -0.15) is 11.8 Å². The van der Waals surface area contributed by atoms with Crippen LogP contribution in [0, 0.1) is 0 Å². The Morgan fingerprint density at radius 1 is 1.23 bits per heavy atom. The summed E-state index contributed by atoms with van der Waals surface area (Å²) in [6.07, 6.45) is 0. The molecule has 0 bridgehead atoms.